The standard InChI is InChI=1S/C53H36N2S2/c1-4-14-35(15-5-1)37-26-28-42(29-27-37)55(43-30-31-44(38-17-6-2-7-18-38)46(33-43)41-25-24-36-16-10-11-21-40(36)32-41)51-50-49(57-53(54-50)39-19-8-3-9-20-39)34-47-45-22-12-13-23-48(45)56-52(47)51/h1-34,53-54H. The van der Waals surface area contributed by atoms with E-state index >= 15 is 0 Å². The summed E-state index contributed by atoms with van der Waals surface area (Å²) in [5.41, 5.74) is 13.0. The molecule has 1 aliphatic rings. The van der Waals surface area contributed by atoms with Gasteiger partial charge in [-0.15, -0.1) is 11.3 Å². The quantitative estimate of drug-likeness (QED) is 0.174. The first-order valence-electron chi connectivity index (χ1n) is 19.4. The Morgan fingerprint density at radius 1 is 0.439 bits per heavy atom. The van der Waals surface area contributed by atoms with Gasteiger partial charge < -0.3 is 10.2 Å². The van der Waals surface area contributed by atoms with Gasteiger partial charge in [0.1, 0.15) is 5.37 Å². The molecule has 2 nitrogen and oxygen atoms in total. The first-order chi connectivity index (χ1) is 28.2. The minimum absolute atomic E-state index is 0.0960. The fourth-order valence-corrected chi connectivity index (χ4v) is 10.7. The number of thioether (sulfide) groups is 1. The third kappa shape index (κ3) is 6.06. The van der Waals surface area contributed by atoms with Crippen molar-refractivity contribution >= 4 is 76.8 Å². The number of thiophene rings is 1. The van der Waals surface area contributed by atoms with Crippen LogP contribution in [0.4, 0.5) is 22.7 Å². The molecular formula is C53H36N2S2. The second kappa shape index (κ2) is 14.2. The van der Waals surface area contributed by atoms with Crippen molar-refractivity contribution in [3.8, 4) is 33.4 Å². The lowest BCUT2D eigenvalue weighted by Gasteiger charge is -2.29. The third-order valence-electron chi connectivity index (χ3n) is 11.1. The van der Waals surface area contributed by atoms with E-state index in [4.69, 9.17) is 0 Å². The van der Waals surface area contributed by atoms with Crippen LogP contribution in [-0.4, -0.2) is 0 Å². The molecule has 9 aromatic carbocycles. The van der Waals surface area contributed by atoms with E-state index in [1.807, 2.05) is 23.1 Å². The van der Waals surface area contributed by atoms with Crippen molar-refractivity contribution in [1.29, 1.82) is 0 Å². The molecule has 0 aliphatic carbocycles. The summed E-state index contributed by atoms with van der Waals surface area (Å²) in [6, 6.07) is 75.2. The number of rotatable bonds is 7. The van der Waals surface area contributed by atoms with E-state index in [9.17, 15) is 0 Å². The summed E-state index contributed by atoms with van der Waals surface area (Å²) in [5, 5.41) is 9.19. The van der Waals surface area contributed by atoms with Gasteiger partial charge in [-0.1, -0.05) is 176 Å². The molecule has 0 saturated carbocycles. The van der Waals surface area contributed by atoms with Crippen molar-refractivity contribution in [3.05, 3.63) is 212 Å². The third-order valence-corrected chi connectivity index (χ3v) is 13.5. The normalized spacial score (nSPS) is 13.5. The van der Waals surface area contributed by atoms with Gasteiger partial charge >= 0.3 is 0 Å². The monoisotopic (exact) mass is 764 g/mol. The lowest BCUT2D eigenvalue weighted by molar-refractivity contribution is 1.13. The van der Waals surface area contributed by atoms with Gasteiger partial charge in [0.25, 0.3) is 0 Å². The maximum Gasteiger partial charge on any atom is 0.103 e. The maximum absolute atomic E-state index is 4.04. The Morgan fingerprint density at radius 2 is 1.07 bits per heavy atom. The molecule has 2 heterocycles. The minimum atomic E-state index is 0.0960. The summed E-state index contributed by atoms with van der Waals surface area (Å²) in [5.74, 6) is 0. The molecule has 1 aromatic heterocycles. The van der Waals surface area contributed by atoms with Gasteiger partial charge in [-0.25, -0.2) is 0 Å². The molecule has 0 spiro atoms. The fourth-order valence-electron chi connectivity index (χ4n) is 8.31. The van der Waals surface area contributed by atoms with Crippen LogP contribution in [0.1, 0.15) is 10.9 Å². The number of nitrogens with zero attached hydrogens (tertiary/aromatic N) is 1. The molecule has 11 rings (SSSR count). The molecule has 0 fully saturated rings. The highest BCUT2D eigenvalue weighted by atomic mass is 32.2. The molecule has 0 amide bonds. The van der Waals surface area contributed by atoms with Gasteiger partial charge in [0.05, 0.1) is 16.1 Å². The largest absolute Gasteiger partial charge is 0.367 e. The Kier molecular flexibility index (Phi) is 8.38. The van der Waals surface area contributed by atoms with Crippen LogP contribution in [0, 0.1) is 0 Å². The Hall–Kier alpha value is -6.59. The molecule has 0 bridgehead atoms. The smallest absolute Gasteiger partial charge is 0.103 e. The number of hydrogen-bond donors (Lipinski definition) is 1. The molecule has 1 aliphatic heterocycles. The predicted octanol–water partition coefficient (Wildman–Crippen LogP) is 15.9. The highest BCUT2D eigenvalue weighted by Crippen LogP contribution is 2.58. The zero-order valence-corrected chi connectivity index (χ0v) is 32.6. The van der Waals surface area contributed by atoms with Gasteiger partial charge in [0.2, 0.25) is 0 Å². The summed E-state index contributed by atoms with van der Waals surface area (Å²) >= 11 is 3.79. The van der Waals surface area contributed by atoms with E-state index in [0.717, 1.165) is 11.4 Å². The topological polar surface area (TPSA) is 15.3 Å². The fraction of sp³-hybridized carbons (Fsp3) is 0.0189. The molecule has 57 heavy (non-hydrogen) atoms. The summed E-state index contributed by atoms with van der Waals surface area (Å²) < 4.78 is 2.56. The van der Waals surface area contributed by atoms with Crippen LogP contribution in [0.25, 0.3) is 64.3 Å². The van der Waals surface area contributed by atoms with Gasteiger partial charge in [0.15, 0.2) is 0 Å². The molecule has 4 heteroatoms. The summed E-state index contributed by atoms with van der Waals surface area (Å²) in [6.45, 7) is 0. The van der Waals surface area contributed by atoms with Crippen LogP contribution >= 0.6 is 23.1 Å². The van der Waals surface area contributed by atoms with E-state index < -0.39 is 0 Å². The molecule has 1 unspecified atom stereocenters. The molecular weight excluding hydrogens is 729 g/mol. The SMILES string of the molecule is c1ccc(-c2ccc(N(c3ccc(-c4ccccc4)c(-c4ccc5ccccc5c4)c3)c3c4c(cc5c3sc3ccccc35)SC(c3ccccc3)N4)cc2)cc1. The summed E-state index contributed by atoms with van der Waals surface area (Å²) in [4.78, 5) is 3.77. The Balaban J connectivity index is 1.18. The Labute approximate surface area is 340 Å². The summed E-state index contributed by atoms with van der Waals surface area (Å²) in [6.07, 6.45) is 0. The van der Waals surface area contributed by atoms with Crippen LogP contribution in [0.2, 0.25) is 0 Å². The maximum atomic E-state index is 4.04. The van der Waals surface area contributed by atoms with E-state index in [1.54, 1.807) is 0 Å². The molecule has 10 aromatic rings. The zero-order chi connectivity index (χ0) is 37.7. The van der Waals surface area contributed by atoms with Crippen molar-refractivity contribution < 1.29 is 0 Å². The first kappa shape index (κ1) is 33.7. The van der Waals surface area contributed by atoms with E-state index in [2.05, 4.69) is 216 Å². The first-order valence-corrected chi connectivity index (χ1v) is 21.1. The van der Waals surface area contributed by atoms with Crippen molar-refractivity contribution in [3.63, 3.8) is 0 Å². The number of hydrogen-bond acceptors (Lipinski definition) is 4. The molecule has 1 N–H and O–H groups in total. The Bertz CT molecular complexity index is 3070. The number of nitrogens with one attached hydrogen (secondary N) is 1. The highest BCUT2D eigenvalue weighted by Gasteiger charge is 2.32. The van der Waals surface area contributed by atoms with Crippen LogP contribution in [0.3, 0.4) is 0 Å². The van der Waals surface area contributed by atoms with Crippen LogP contribution in [0.5, 0.6) is 0 Å². The molecule has 1 atom stereocenters. The molecule has 0 saturated heterocycles. The number of benzene rings is 9. The van der Waals surface area contributed by atoms with Crippen LogP contribution < -0.4 is 10.2 Å². The Morgan fingerprint density at radius 3 is 1.86 bits per heavy atom. The van der Waals surface area contributed by atoms with Crippen molar-refractivity contribution in [2.75, 3.05) is 10.2 Å². The van der Waals surface area contributed by atoms with E-state index in [0.29, 0.717) is 0 Å². The van der Waals surface area contributed by atoms with E-state index in [-0.39, 0.29) is 5.37 Å². The van der Waals surface area contributed by atoms with Gasteiger partial charge in [-0.05, 0) is 92.2 Å². The average molecular weight is 765 g/mol. The molecule has 270 valence electrons. The van der Waals surface area contributed by atoms with Gasteiger partial charge in [0, 0.05) is 31.7 Å². The predicted molar refractivity (Wildman–Crippen MR) is 246 cm³/mol. The second-order valence-corrected chi connectivity index (χ2v) is 16.7. The van der Waals surface area contributed by atoms with Gasteiger partial charge in [-0.3, -0.25) is 0 Å². The lowest BCUT2D eigenvalue weighted by Crippen LogP contribution is -2.13. The number of anilines is 4. The average Bonchev–Trinajstić information content (AvgIpc) is 3.89. The molecule has 0 radical (unpaired) electrons. The second-order valence-electron chi connectivity index (χ2n) is 14.5. The highest BCUT2D eigenvalue weighted by molar-refractivity contribution is 8.00. The lowest BCUT2D eigenvalue weighted by atomic mass is 9.92. The van der Waals surface area contributed by atoms with Crippen molar-refractivity contribution in [1.82, 2.24) is 0 Å². The minimum Gasteiger partial charge on any atom is -0.367 e. The zero-order valence-electron chi connectivity index (χ0n) is 31.0. The van der Waals surface area contributed by atoms with Crippen molar-refractivity contribution in [2.45, 2.75) is 10.3 Å². The summed E-state index contributed by atoms with van der Waals surface area (Å²) in [7, 11) is 0. The van der Waals surface area contributed by atoms with Crippen LogP contribution in [0.15, 0.2) is 211 Å². The van der Waals surface area contributed by atoms with Crippen molar-refractivity contribution in [2.24, 2.45) is 0 Å². The van der Waals surface area contributed by atoms with Gasteiger partial charge in [-0.2, -0.15) is 0 Å². The van der Waals surface area contributed by atoms with E-state index in [1.165, 1.54) is 86.2 Å². The van der Waals surface area contributed by atoms with Crippen LogP contribution in [-0.2, 0) is 0 Å². The number of fused-ring (bicyclic) bond motifs is 5.